The summed E-state index contributed by atoms with van der Waals surface area (Å²) in [6, 6.07) is 8.26. The van der Waals surface area contributed by atoms with Crippen LogP contribution < -0.4 is 0 Å². The van der Waals surface area contributed by atoms with E-state index in [4.69, 9.17) is 4.74 Å². The molecule has 1 aromatic carbocycles. The predicted octanol–water partition coefficient (Wildman–Crippen LogP) is 2.76. The number of hydrogen-bond acceptors (Lipinski definition) is 3. The minimum atomic E-state index is 0.330. The van der Waals surface area contributed by atoms with Crippen LogP contribution in [0.2, 0.25) is 0 Å². The Morgan fingerprint density at radius 3 is 2.70 bits per heavy atom. The van der Waals surface area contributed by atoms with Gasteiger partial charge in [0, 0.05) is 36.8 Å². The molecule has 0 saturated carbocycles. The van der Waals surface area contributed by atoms with Crippen LogP contribution in [0.1, 0.15) is 25.6 Å². The molecular weight excluding hydrogens is 252 g/mol. The molecule has 0 radical (unpaired) electrons. The third-order valence-electron chi connectivity index (χ3n) is 3.92. The largest absolute Gasteiger partial charge is 0.506 e. The predicted molar refractivity (Wildman–Crippen MR) is 80.1 cm³/mol. The molecule has 0 amide bonds. The highest BCUT2D eigenvalue weighted by Crippen LogP contribution is 2.31. The lowest BCUT2D eigenvalue weighted by atomic mass is 10.2. The van der Waals surface area contributed by atoms with Crippen LogP contribution in [0.4, 0.5) is 0 Å². The van der Waals surface area contributed by atoms with Crippen molar-refractivity contribution in [3.63, 3.8) is 0 Å². The van der Waals surface area contributed by atoms with Crippen LogP contribution >= 0.6 is 0 Å². The zero-order chi connectivity index (χ0) is 14.1. The first kappa shape index (κ1) is 13.5. The van der Waals surface area contributed by atoms with Gasteiger partial charge in [-0.15, -0.1) is 0 Å². The average molecular weight is 274 g/mol. The van der Waals surface area contributed by atoms with Gasteiger partial charge >= 0.3 is 0 Å². The van der Waals surface area contributed by atoms with E-state index in [0.717, 1.165) is 43.8 Å². The first-order valence-electron chi connectivity index (χ1n) is 7.28. The van der Waals surface area contributed by atoms with Crippen LogP contribution in [0, 0.1) is 0 Å². The Kier molecular flexibility index (Phi) is 3.68. The van der Waals surface area contributed by atoms with Crippen LogP contribution in [0.3, 0.4) is 0 Å². The topological polar surface area (TPSA) is 37.6 Å². The van der Waals surface area contributed by atoms with Crippen LogP contribution in [-0.4, -0.2) is 40.9 Å². The number of fused-ring (bicyclic) bond motifs is 1. The number of phenols is 1. The van der Waals surface area contributed by atoms with Crippen LogP contribution in [0.5, 0.6) is 5.75 Å². The van der Waals surface area contributed by atoms with Crippen molar-refractivity contribution in [1.82, 2.24) is 9.47 Å². The summed E-state index contributed by atoms with van der Waals surface area (Å²) in [5.74, 6) is 0.365. The van der Waals surface area contributed by atoms with E-state index in [1.54, 1.807) is 6.07 Å². The SMILES string of the molecule is CC(C)n1c(CN2CCOCC2)cc2cccc(O)c21. The minimum Gasteiger partial charge on any atom is -0.506 e. The summed E-state index contributed by atoms with van der Waals surface area (Å²) in [7, 11) is 0. The van der Waals surface area contributed by atoms with Gasteiger partial charge in [-0.05, 0) is 26.0 Å². The Hall–Kier alpha value is -1.52. The lowest BCUT2D eigenvalue weighted by Gasteiger charge is -2.27. The summed E-state index contributed by atoms with van der Waals surface area (Å²) in [6.07, 6.45) is 0. The summed E-state index contributed by atoms with van der Waals surface area (Å²) < 4.78 is 7.65. The monoisotopic (exact) mass is 274 g/mol. The smallest absolute Gasteiger partial charge is 0.139 e. The second kappa shape index (κ2) is 5.46. The number of benzene rings is 1. The average Bonchev–Trinajstić information content (AvgIpc) is 2.79. The van der Waals surface area contributed by atoms with Gasteiger partial charge in [0.1, 0.15) is 5.75 Å². The molecule has 108 valence electrons. The number of nitrogens with zero attached hydrogens (tertiary/aromatic N) is 2. The summed E-state index contributed by atoms with van der Waals surface area (Å²) in [5.41, 5.74) is 2.21. The molecule has 4 nitrogen and oxygen atoms in total. The molecule has 0 aliphatic carbocycles. The van der Waals surface area contributed by atoms with E-state index in [1.165, 1.54) is 5.69 Å². The van der Waals surface area contributed by atoms with Gasteiger partial charge in [0.25, 0.3) is 0 Å². The van der Waals surface area contributed by atoms with Gasteiger partial charge in [0.05, 0.1) is 18.7 Å². The number of aromatic nitrogens is 1. The van der Waals surface area contributed by atoms with Crippen molar-refractivity contribution in [3.05, 3.63) is 30.0 Å². The van der Waals surface area contributed by atoms with E-state index in [0.29, 0.717) is 11.8 Å². The van der Waals surface area contributed by atoms with Gasteiger partial charge in [-0.1, -0.05) is 12.1 Å². The fourth-order valence-corrected chi connectivity index (χ4v) is 3.02. The third-order valence-corrected chi connectivity index (χ3v) is 3.92. The maximum absolute atomic E-state index is 10.2. The molecule has 3 rings (SSSR count). The van der Waals surface area contributed by atoms with Crippen molar-refractivity contribution >= 4 is 10.9 Å². The van der Waals surface area contributed by atoms with Crippen LogP contribution in [0.25, 0.3) is 10.9 Å². The molecule has 0 spiro atoms. The summed E-state index contributed by atoms with van der Waals surface area (Å²) >= 11 is 0. The number of rotatable bonds is 3. The number of phenolic OH excluding ortho intramolecular Hbond substituents is 1. The Morgan fingerprint density at radius 1 is 1.25 bits per heavy atom. The Bertz CT molecular complexity index is 598. The number of morpholine rings is 1. The van der Waals surface area contributed by atoms with E-state index >= 15 is 0 Å². The van der Waals surface area contributed by atoms with Gasteiger partial charge in [-0.3, -0.25) is 4.90 Å². The molecule has 0 atom stereocenters. The zero-order valence-corrected chi connectivity index (χ0v) is 12.2. The van der Waals surface area contributed by atoms with Gasteiger partial charge in [-0.2, -0.15) is 0 Å². The van der Waals surface area contributed by atoms with Crippen molar-refractivity contribution < 1.29 is 9.84 Å². The first-order valence-corrected chi connectivity index (χ1v) is 7.28. The third kappa shape index (κ3) is 2.41. The molecule has 1 fully saturated rings. The van der Waals surface area contributed by atoms with E-state index in [1.807, 2.05) is 6.07 Å². The molecule has 1 saturated heterocycles. The molecule has 1 aliphatic rings. The second-order valence-corrected chi connectivity index (χ2v) is 5.70. The quantitative estimate of drug-likeness (QED) is 0.935. The summed E-state index contributed by atoms with van der Waals surface area (Å²) in [4.78, 5) is 2.41. The van der Waals surface area contributed by atoms with Gasteiger partial charge in [0.15, 0.2) is 0 Å². The Balaban J connectivity index is 2.01. The number of aromatic hydroxyl groups is 1. The summed E-state index contributed by atoms with van der Waals surface area (Å²) in [5, 5.41) is 11.3. The molecule has 2 aromatic rings. The Labute approximate surface area is 119 Å². The van der Waals surface area contributed by atoms with Crippen molar-refractivity contribution in [1.29, 1.82) is 0 Å². The second-order valence-electron chi connectivity index (χ2n) is 5.70. The lowest BCUT2D eigenvalue weighted by molar-refractivity contribution is 0.0331. The van der Waals surface area contributed by atoms with E-state index in [-0.39, 0.29) is 0 Å². The molecule has 20 heavy (non-hydrogen) atoms. The molecule has 1 aromatic heterocycles. The van der Waals surface area contributed by atoms with Crippen molar-refractivity contribution in [2.24, 2.45) is 0 Å². The highest BCUT2D eigenvalue weighted by atomic mass is 16.5. The number of para-hydroxylation sites is 1. The number of ether oxygens (including phenoxy) is 1. The minimum absolute atomic E-state index is 0.330. The fourth-order valence-electron chi connectivity index (χ4n) is 3.02. The van der Waals surface area contributed by atoms with Crippen molar-refractivity contribution in [2.45, 2.75) is 26.4 Å². The van der Waals surface area contributed by atoms with Crippen LogP contribution in [-0.2, 0) is 11.3 Å². The molecule has 1 N–H and O–H groups in total. The molecule has 4 heteroatoms. The lowest BCUT2D eigenvalue weighted by Crippen LogP contribution is -2.36. The van der Waals surface area contributed by atoms with E-state index < -0.39 is 0 Å². The van der Waals surface area contributed by atoms with E-state index in [9.17, 15) is 5.11 Å². The Morgan fingerprint density at radius 2 is 2.00 bits per heavy atom. The first-order chi connectivity index (χ1) is 9.66. The molecule has 0 unspecified atom stereocenters. The fraction of sp³-hybridized carbons (Fsp3) is 0.500. The van der Waals surface area contributed by atoms with Crippen LogP contribution in [0.15, 0.2) is 24.3 Å². The molecule has 1 aliphatic heterocycles. The van der Waals surface area contributed by atoms with Gasteiger partial charge < -0.3 is 14.4 Å². The highest BCUT2D eigenvalue weighted by molar-refractivity contribution is 5.86. The molecule has 2 heterocycles. The van der Waals surface area contributed by atoms with Crippen molar-refractivity contribution in [2.75, 3.05) is 26.3 Å². The van der Waals surface area contributed by atoms with Gasteiger partial charge in [0.2, 0.25) is 0 Å². The molecular formula is C16H22N2O2. The maximum atomic E-state index is 10.2. The van der Waals surface area contributed by atoms with Gasteiger partial charge in [-0.25, -0.2) is 0 Å². The maximum Gasteiger partial charge on any atom is 0.139 e. The normalized spacial score (nSPS) is 17.1. The van der Waals surface area contributed by atoms with E-state index in [2.05, 4.69) is 35.4 Å². The highest BCUT2D eigenvalue weighted by Gasteiger charge is 2.18. The number of hydrogen-bond donors (Lipinski definition) is 1. The standard InChI is InChI=1S/C16H22N2O2/c1-12(2)18-14(11-17-6-8-20-9-7-17)10-13-4-3-5-15(19)16(13)18/h3-5,10,12,19H,6-9,11H2,1-2H3. The molecule has 0 bridgehead atoms. The summed E-state index contributed by atoms with van der Waals surface area (Å²) in [6.45, 7) is 8.82. The zero-order valence-electron chi connectivity index (χ0n) is 12.2. The van der Waals surface area contributed by atoms with Crippen molar-refractivity contribution in [3.8, 4) is 5.75 Å².